The van der Waals surface area contributed by atoms with E-state index in [9.17, 15) is 0 Å². The molecule has 2 aromatic carbocycles. The third-order valence-corrected chi connectivity index (χ3v) is 4.15. The molecule has 1 saturated carbocycles. The maximum atomic E-state index is 6.42. The Morgan fingerprint density at radius 3 is 2.37 bits per heavy atom. The van der Waals surface area contributed by atoms with Gasteiger partial charge in [-0.1, -0.05) is 36.8 Å². The van der Waals surface area contributed by atoms with Crippen molar-refractivity contribution in [1.82, 2.24) is 0 Å². The normalized spacial score (nSPS) is 16.5. The number of fused-ring (bicyclic) bond motifs is 1. The zero-order valence-electron chi connectivity index (χ0n) is 11.1. The van der Waals surface area contributed by atoms with Gasteiger partial charge >= 0.3 is 0 Å². The van der Waals surface area contributed by atoms with Crippen LogP contribution in [0.2, 0.25) is 0 Å². The fraction of sp³-hybridized carbons (Fsp3) is 0.375. The molecular weight excluding hydrogens is 258 g/mol. The van der Waals surface area contributed by atoms with E-state index >= 15 is 0 Å². The summed E-state index contributed by atoms with van der Waals surface area (Å²) < 4.78 is 5.42. The van der Waals surface area contributed by atoms with Gasteiger partial charge in [-0.3, -0.25) is 0 Å². The van der Waals surface area contributed by atoms with Crippen LogP contribution in [0.25, 0.3) is 10.8 Å². The van der Waals surface area contributed by atoms with Crippen LogP contribution in [0.5, 0.6) is 5.75 Å². The number of halogens is 1. The molecule has 0 unspecified atom stereocenters. The molecule has 0 amide bonds. The second-order valence-corrected chi connectivity index (χ2v) is 5.12. The Morgan fingerprint density at radius 1 is 1.11 bits per heavy atom. The second kappa shape index (κ2) is 5.81. The molecule has 2 aromatic rings. The van der Waals surface area contributed by atoms with Gasteiger partial charge in [0, 0.05) is 11.4 Å². The lowest BCUT2D eigenvalue weighted by molar-refractivity contribution is 0.265. The van der Waals surface area contributed by atoms with Crippen LogP contribution in [-0.4, -0.2) is 7.11 Å². The van der Waals surface area contributed by atoms with Crippen LogP contribution in [0.15, 0.2) is 36.4 Å². The number of hydrogen-bond donors (Lipinski definition) is 1. The Balaban J connectivity index is 0.00000133. The summed E-state index contributed by atoms with van der Waals surface area (Å²) in [4.78, 5) is 0. The molecule has 0 saturated heterocycles. The molecule has 0 aliphatic heterocycles. The highest BCUT2D eigenvalue weighted by atomic mass is 35.5. The lowest BCUT2D eigenvalue weighted by Crippen LogP contribution is -2.27. The first-order chi connectivity index (χ1) is 8.81. The van der Waals surface area contributed by atoms with Crippen molar-refractivity contribution in [2.24, 2.45) is 11.7 Å². The molecule has 2 nitrogen and oxygen atoms in total. The fourth-order valence-corrected chi connectivity index (χ4v) is 2.82. The van der Waals surface area contributed by atoms with Crippen molar-refractivity contribution in [2.45, 2.75) is 25.3 Å². The van der Waals surface area contributed by atoms with Crippen LogP contribution >= 0.6 is 12.4 Å². The zero-order chi connectivity index (χ0) is 12.5. The molecule has 0 aromatic heterocycles. The van der Waals surface area contributed by atoms with Gasteiger partial charge in [0.05, 0.1) is 7.11 Å². The number of rotatable bonds is 3. The SMILES string of the molecule is COc1ccc([C@@H](N)C2CCC2)c2ccccc12.Cl. The van der Waals surface area contributed by atoms with Gasteiger partial charge in [0.1, 0.15) is 5.75 Å². The minimum Gasteiger partial charge on any atom is -0.496 e. The third-order valence-electron chi connectivity index (χ3n) is 4.15. The molecule has 1 fully saturated rings. The standard InChI is InChI=1S/C16H19NO.ClH/c1-18-15-10-9-14(16(17)11-5-4-6-11)12-7-2-3-8-13(12)15;/h2-3,7-11,16H,4-6,17H2,1H3;1H/t16-;/m0./s1. The minimum absolute atomic E-state index is 0. The summed E-state index contributed by atoms with van der Waals surface area (Å²) in [6.07, 6.45) is 3.86. The molecule has 2 N–H and O–H groups in total. The van der Waals surface area contributed by atoms with E-state index in [1.165, 1.54) is 30.2 Å². The molecule has 0 bridgehead atoms. The third kappa shape index (κ3) is 2.43. The smallest absolute Gasteiger partial charge is 0.126 e. The Hall–Kier alpha value is -1.25. The van der Waals surface area contributed by atoms with Crippen LogP contribution in [0, 0.1) is 5.92 Å². The fourth-order valence-electron chi connectivity index (χ4n) is 2.82. The van der Waals surface area contributed by atoms with Crippen LogP contribution in [-0.2, 0) is 0 Å². The van der Waals surface area contributed by atoms with Gasteiger partial charge in [-0.05, 0) is 35.8 Å². The van der Waals surface area contributed by atoms with E-state index in [4.69, 9.17) is 10.5 Å². The van der Waals surface area contributed by atoms with Crippen LogP contribution in [0.1, 0.15) is 30.9 Å². The lowest BCUT2D eigenvalue weighted by atomic mass is 9.77. The number of nitrogens with two attached hydrogens (primary N) is 1. The molecule has 3 rings (SSSR count). The Bertz CT molecular complexity index is 566. The van der Waals surface area contributed by atoms with Crippen LogP contribution in [0.3, 0.4) is 0 Å². The second-order valence-electron chi connectivity index (χ2n) is 5.12. The van der Waals surface area contributed by atoms with E-state index in [0.29, 0.717) is 5.92 Å². The van der Waals surface area contributed by atoms with E-state index in [1.54, 1.807) is 7.11 Å². The molecule has 1 atom stereocenters. The topological polar surface area (TPSA) is 35.2 Å². The van der Waals surface area contributed by atoms with Crippen molar-refractivity contribution in [3.05, 3.63) is 42.0 Å². The van der Waals surface area contributed by atoms with Gasteiger partial charge in [-0.2, -0.15) is 0 Å². The maximum absolute atomic E-state index is 6.42. The van der Waals surface area contributed by atoms with Crippen molar-refractivity contribution in [2.75, 3.05) is 7.11 Å². The first kappa shape index (κ1) is 14.2. The number of benzene rings is 2. The van der Waals surface area contributed by atoms with E-state index in [1.807, 2.05) is 12.1 Å². The van der Waals surface area contributed by atoms with Crippen LogP contribution < -0.4 is 10.5 Å². The average molecular weight is 278 g/mol. The average Bonchev–Trinajstić information content (AvgIpc) is 2.35. The maximum Gasteiger partial charge on any atom is 0.126 e. The first-order valence-electron chi connectivity index (χ1n) is 6.62. The largest absolute Gasteiger partial charge is 0.496 e. The monoisotopic (exact) mass is 277 g/mol. The number of hydrogen-bond acceptors (Lipinski definition) is 2. The highest BCUT2D eigenvalue weighted by Crippen LogP contribution is 2.39. The van der Waals surface area contributed by atoms with E-state index in [-0.39, 0.29) is 18.4 Å². The van der Waals surface area contributed by atoms with Gasteiger partial charge in [0.25, 0.3) is 0 Å². The summed E-state index contributed by atoms with van der Waals surface area (Å²) in [6, 6.07) is 12.7. The quantitative estimate of drug-likeness (QED) is 0.918. The Morgan fingerprint density at radius 2 is 1.79 bits per heavy atom. The predicted octanol–water partition coefficient (Wildman–Crippen LogP) is 4.07. The molecule has 19 heavy (non-hydrogen) atoms. The molecule has 1 aliphatic rings. The van der Waals surface area contributed by atoms with E-state index in [2.05, 4.69) is 24.3 Å². The number of ether oxygens (including phenoxy) is 1. The van der Waals surface area contributed by atoms with Crippen molar-refractivity contribution in [1.29, 1.82) is 0 Å². The molecule has 0 heterocycles. The van der Waals surface area contributed by atoms with Gasteiger partial charge in [0.2, 0.25) is 0 Å². The summed E-state index contributed by atoms with van der Waals surface area (Å²) in [5, 5.41) is 2.39. The van der Waals surface area contributed by atoms with E-state index < -0.39 is 0 Å². The van der Waals surface area contributed by atoms with E-state index in [0.717, 1.165) is 11.1 Å². The minimum atomic E-state index is 0. The Kier molecular flexibility index (Phi) is 4.33. The van der Waals surface area contributed by atoms with Gasteiger partial charge in [0.15, 0.2) is 0 Å². The molecular formula is C16H20ClNO. The first-order valence-corrected chi connectivity index (χ1v) is 6.62. The Labute approximate surface area is 120 Å². The highest BCUT2D eigenvalue weighted by Gasteiger charge is 2.26. The van der Waals surface area contributed by atoms with Crippen molar-refractivity contribution in [3.8, 4) is 5.75 Å². The lowest BCUT2D eigenvalue weighted by Gasteiger charge is -2.32. The molecule has 3 heteroatoms. The highest BCUT2D eigenvalue weighted by molar-refractivity contribution is 5.91. The summed E-state index contributed by atoms with van der Waals surface area (Å²) in [7, 11) is 1.72. The summed E-state index contributed by atoms with van der Waals surface area (Å²) >= 11 is 0. The van der Waals surface area contributed by atoms with Crippen LogP contribution in [0.4, 0.5) is 0 Å². The van der Waals surface area contributed by atoms with Crippen molar-refractivity contribution in [3.63, 3.8) is 0 Å². The zero-order valence-corrected chi connectivity index (χ0v) is 12.0. The van der Waals surface area contributed by atoms with Gasteiger partial charge < -0.3 is 10.5 Å². The summed E-state index contributed by atoms with van der Waals surface area (Å²) in [5.41, 5.74) is 7.68. The predicted molar refractivity (Wildman–Crippen MR) is 82.0 cm³/mol. The van der Waals surface area contributed by atoms with Gasteiger partial charge in [-0.25, -0.2) is 0 Å². The number of methoxy groups -OCH3 is 1. The molecule has 0 radical (unpaired) electrons. The van der Waals surface area contributed by atoms with Gasteiger partial charge in [-0.15, -0.1) is 12.4 Å². The summed E-state index contributed by atoms with van der Waals surface area (Å²) in [6.45, 7) is 0. The molecule has 0 spiro atoms. The molecule has 102 valence electrons. The van der Waals surface area contributed by atoms with Crippen molar-refractivity contribution < 1.29 is 4.74 Å². The van der Waals surface area contributed by atoms with Crippen molar-refractivity contribution >= 4 is 23.2 Å². The molecule has 1 aliphatic carbocycles. The summed E-state index contributed by atoms with van der Waals surface area (Å²) in [5.74, 6) is 1.58.